The summed E-state index contributed by atoms with van der Waals surface area (Å²) >= 11 is 0. The molecule has 3 heteroatoms. The first kappa shape index (κ1) is 10.0. The van der Waals surface area contributed by atoms with Crippen LogP contribution < -0.4 is 5.90 Å². The number of methoxy groups -OCH3 is 1. The van der Waals surface area contributed by atoms with Crippen molar-refractivity contribution in [2.24, 2.45) is 11.8 Å². The van der Waals surface area contributed by atoms with Crippen LogP contribution in [-0.2, 0) is 9.57 Å². The Kier molecular flexibility index (Phi) is 5.29. The van der Waals surface area contributed by atoms with Gasteiger partial charge in [-0.15, -0.1) is 0 Å². The predicted octanol–water partition coefficient (Wildman–Crippen LogP) is 1.58. The quantitative estimate of drug-likeness (QED) is 0.383. The van der Waals surface area contributed by atoms with Crippen LogP contribution >= 0.6 is 0 Å². The van der Waals surface area contributed by atoms with Gasteiger partial charge in [-0.1, -0.05) is 19.9 Å². The van der Waals surface area contributed by atoms with Gasteiger partial charge in [0.25, 0.3) is 0 Å². The fourth-order valence-corrected chi connectivity index (χ4v) is 0.510. The first-order valence-electron chi connectivity index (χ1n) is 3.48. The zero-order valence-corrected chi connectivity index (χ0v) is 7.20. The lowest BCUT2D eigenvalue weighted by Crippen LogP contribution is -1.92. The SMILES string of the molecule is COC(=C\ON)/C=C/C(C)C. The maximum atomic E-state index is 4.91. The number of ether oxygens (including phenoxy) is 1. The van der Waals surface area contributed by atoms with E-state index in [0.717, 1.165) is 0 Å². The smallest absolute Gasteiger partial charge is 0.155 e. The largest absolute Gasteiger partial charge is 0.493 e. The molecule has 0 amide bonds. The molecule has 0 fully saturated rings. The third kappa shape index (κ3) is 5.48. The summed E-state index contributed by atoms with van der Waals surface area (Å²) in [5.41, 5.74) is 0. The van der Waals surface area contributed by atoms with Gasteiger partial charge in [-0.25, -0.2) is 0 Å². The fourth-order valence-electron chi connectivity index (χ4n) is 0.510. The number of nitrogens with two attached hydrogens (primary N) is 1. The molecule has 0 heterocycles. The van der Waals surface area contributed by atoms with Crippen LogP contribution in [0.1, 0.15) is 13.8 Å². The van der Waals surface area contributed by atoms with Crippen LogP contribution in [0.5, 0.6) is 0 Å². The maximum absolute atomic E-state index is 4.91. The summed E-state index contributed by atoms with van der Waals surface area (Å²) < 4.78 is 4.91. The molecule has 0 aromatic heterocycles. The number of hydrogen-bond acceptors (Lipinski definition) is 3. The molecule has 0 aliphatic carbocycles. The Morgan fingerprint density at radius 1 is 1.45 bits per heavy atom. The summed E-state index contributed by atoms with van der Waals surface area (Å²) in [5, 5.41) is 0. The standard InChI is InChI=1S/C8H15NO2/c1-7(2)4-5-8(10-3)6-11-9/h4-7H,9H2,1-3H3/b5-4+,8-6-. The minimum absolute atomic E-state index is 0.492. The van der Waals surface area contributed by atoms with E-state index in [1.165, 1.54) is 6.26 Å². The Balaban J connectivity index is 3.97. The second-order valence-electron chi connectivity index (χ2n) is 2.46. The van der Waals surface area contributed by atoms with Crippen molar-refractivity contribution in [1.29, 1.82) is 0 Å². The normalized spacial score (nSPS) is 12.6. The van der Waals surface area contributed by atoms with Crippen LogP contribution in [0.2, 0.25) is 0 Å². The van der Waals surface area contributed by atoms with Gasteiger partial charge in [-0.05, 0) is 12.0 Å². The van der Waals surface area contributed by atoms with E-state index in [1.807, 2.05) is 12.2 Å². The Bertz CT molecular complexity index is 150. The number of hydrogen-bond donors (Lipinski definition) is 1. The minimum Gasteiger partial charge on any atom is -0.493 e. The highest BCUT2D eigenvalue weighted by molar-refractivity contribution is 5.09. The molecule has 0 spiro atoms. The maximum Gasteiger partial charge on any atom is 0.155 e. The summed E-state index contributed by atoms with van der Waals surface area (Å²) in [6.45, 7) is 4.15. The first-order chi connectivity index (χ1) is 5.20. The van der Waals surface area contributed by atoms with E-state index >= 15 is 0 Å². The molecule has 3 nitrogen and oxygen atoms in total. The lowest BCUT2D eigenvalue weighted by atomic mass is 10.2. The highest BCUT2D eigenvalue weighted by atomic mass is 16.6. The molecule has 2 N–H and O–H groups in total. The predicted molar refractivity (Wildman–Crippen MR) is 44.3 cm³/mol. The molecule has 0 aliphatic rings. The van der Waals surface area contributed by atoms with Crippen LogP contribution in [0.3, 0.4) is 0 Å². The third-order valence-corrected chi connectivity index (χ3v) is 1.07. The van der Waals surface area contributed by atoms with Crippen molar-refractivity contribution in [3.63, 3.8) is 0 Å². The van der Waals surface area contributed by atoms with Crippen molar-refractivity contribution < 1.29 is 9.57 Å². The molecule has 0 bridgehead atoms. The van der Waals surface area contributed by atoms with Gasteiger partial charge in [0.2, 0.25) is 0 Å². The molecule has 0 saturated heterocycles. The molecule has 0 aliphatic heterocycles. The van der Waals surface area contributed by atoms with Crippen LogP contribution in [0.25, 0.3) is 0 Å². The van der Waals surface area contributed by atoms with Gasteiger partial charge < -0.3 is 9.57 Å². The molecule has 0 saturated carbocycles. The number of allylic oxidation sites excluding steroid dienone is 2. The monoisotopic (exact) mass is 157 g/mol. The van der Waals surface area contributed by atoms with E-state index in [1.54, 1.807) is 7.11 Å². The van der Waals surface area contributed by atoms with E-state index < -0.39 is 0 Å². The van der Waals surface area contributed by atoms with E-state index in [2.05, 4.69) is 18.7 Å². The average molecular weight is 157 g/mol. The van der Waals surface area contributed by atoms with Gasteiger partial charge >= 0.3 is 0 Å². The van der Waals surface area contributed by atoms with Crippen LogP contribution in [0.4, 0.5) is 0 Å². The second-order valence-corrected chi connectivity index (χ2v) is 2.46. The summed E-state index contributed by atoms with van der Waals surface area (Å²) in [4.78, 5) is 4.29. The van der Waals surface area contributed by atoms with E-state index in [-0.39, 0.29) is 0 Å². The van der Waals surface area contributed by atoms with E-state index in [0.29, 0.717) is 11.7 Å². The van der Waals surface area contributed by atoms with Crippen LogP contribution in [-0.4, -0.2) is 7.11 Å². The Morgan fingerprint density at radius 3 is 2.45 bits per heavy atom. The molecular weight excluding hydrogens is 142 g/mol. The molecule has 0 aromatic carbocycles. The minimum atomic E-state index is 0.492. The fraction of sp³-hybridized carbons (Fsp3) is 0.500. The van der Waals surface area contributed by atoms with Crippen molar-refractivity contribution in [2.45, 2.75) is 13.8 Å². The summed E-state index contributed by atoms with van der Waals surface area (Å²) in [6, 6.07) is 0. The van der Waals surface area contributed by atoms with Gasteiger partial charge in [-0.3, -0.25) is 0 Å². The molecule has 64 valence electrons. The Morgan fingerprint density at radius 2 is 2.09 bits per heavy atom. The average Bonchev–Trinajstić information content (AvgIpc) is 1.97. The molecule has 0 rings (SSSR count). The molecule has 0 aromatic rings. The highest BCUT2D eigenvalue weighted by Crippen LogP contribution is 2.01. The lowest BCUT2D eigenvalue weighted by Gasteiger charge is -1.99. The van der Waals surface area contributed by atoms with Crippen molar-refractivity contribution in [2.75, 3.05) is 7.11 Å². The summed E-state index contributed by atoms with van der Waals surface area (Å²) in [7, 11) is 1.56. The third-order valence-electron chi connectivity index (χ3n) is 1.07. The lowest BCUT2D eigenvalue weighted by molar-refractivity contribution is 0.223. The van der Waals surface area contributed by atoms with E-state index in [4.69, 9.17) is 10.6 Å². The van der Waals surface area contributed by atoms with Crippen molar-refractivity contribution >= 4 is 0 Å². The van der Waals surface area contributed by atoms with E-state index in [9.17, 15) is 0 Å². The van der Waals surface area contributed by atoms with Crippen LogP contribution in [0.15, 0.2) is 24.2 Å². The van der Waals surface area contributed by atoms with Gasteiger partial charge in [0.05, 0.1) is 7.11 Å². The van der Waals surface area contributed by atoms with Crippen molar-refractivity contribution in [1.82, 2.24) is 0 Å². The zero-order valence-electron chi connectivity index (χ0n) is 7.20. The molecule has 0 unspecified atom stereocenters. The molecule has 0 radical (unpaired) electrons. The van der Waals surface area contributed by atoms with Gasteiger partial charge in [-0.2, -0.15) is 5.90 Å². The van der Waals surface area contributed by atoms with Gasteiger partial charge in [0.15, 0.2) is 12.0 Å². The van der Waals surface area contributed by atoms with Crippen molar-refractivity contribution in [3.8, 4) is 0 Å². The van der Waals surface area contributed by atoms with Gasteiger partial charge in [0.1, 0.15) is 0 Å². The Labute approximate surface area is 67.4 Å². The number of rotatable bonds is 4. The first-order valence-corrected chi connectivity index (χ1v) is 3.48. The molecule has 0 atom stereocenters. The topological polar surface area (TPSA) is 44.5 Å². The zero-order chi connectivity index (χ0) is 8.69. The van der Waals surface area contributed by atoms with Gasteiger partial charge in [0, 0.05) is 0 Å². The molecular formula is C8H15NO2. The van der Waals surface area contributed by atoms with Crippen molar-refractivity contribution in [3.05, 3.63) is 24.2 Å². The molecule has 11 heavy (non-hydrogen) atoms. The summed E-state index contributed by atoms with van der Waals surface area (Å²) in [6.07, 6.45) is 5.16. The Hall–Kier alpha value is -0.960. The highest BCUT2D eigenvalue weighted by Gasteiger charge is 1.89. The second kappa shape index (κ2) is 5.80. The summed E-state index contributed by atoms with van der Waals surface area (Å²) in [5.74, 6) is 5.93. The van der Waals surface area contributed by atoms with Crippen LogP contribution in [0, 0.1) is 5.92 Å².